The molecule has 0 fully saturated rings. The first-order valence-corrected chi connectivity index (χ1v) is 7.54. The normalized spacial score (nSPS) is 11.7. The largest absolute Gasteiger partial charge is 0.383 e. The van der Waals surface area contributed by atoms with E-state index < -0.39 is 0 Å². The van der Waals surface area contributed by atoms with Gasteiger partial charge < -0.3 is 10.5 Å². The number of aromatic nitrogens is 2. The third-order valence-corrected chi connectivity index (χ3v) is 4.10. The number of ether oxygens (including phenoxy) is 1. The van der Waals surface area contributed by atoms with Gasteiger partial charge in [0, 0.05) is 12.7 Å². The van der Waals surface area contributed by atoms with Crippen molar-refractivity contribution in [3.8, 4) is 11.4 Å². The third-order valence-electron chi connectivity index (χ3n) is 3.24. The molecule has 5 heteroatoms. The van der Waals surface area contributed by atoms with Crippen molar-refractivity contribution in [2.24, 2.45) is 0 Å². The number of anilines is 1. The zero-order chi connectivity index (χ0) is 15.6. The topological polar surface area (TPSA) is 61.0 Å². The smallest absolute Gasteiger partial charge is 0.161 e. The molecular formula is C16H20BrN3O. The summed E-state index contributed by atoms with van der Waals surface area (Å²) in [5.41, 5.74) is 9.02. The van der Waals surface area contributed by atoms with Gasteiger partial charge in [-0.1, -0.05) is 45.0 Å². The number of nitrogens with zero attached hydrogens (tertiary/aromatic N) is 2. The molecule has 0 aliphatic rings. The molecule has 1 heterocycles. The monoisotopic (exact) mass is 349 g/mol. The Morgan fingerprint density at radius 2 is 1.76 bits per heavy atom. The molecule has 21 heavy (non-hydrogen) atoms. The summed E-state index contributed by atoms with van der Waals surface area (Å²) in [5, 5.41) is 0. The van der Waals surface area contributed by atoms with Crippen molar-refractivity contribution in [3.05, 3.63) is 40.0 Å². The quantitative estimate of drug-likeness (QED) is 0.911. The van der Waals surface area contributed by atoms with Gasteiger partial charge in [-0.15, -0.1) is 0 Å². The molecular weight excluding hydrogens is 330 g/mol. The molecule has 0 spiro atoms. The summed E-state index contributed by atoms with van der Waals surface area (Å²) in [6.07, 6.45) is 0. The summed E-state index contributed by atoms with van der Waals surface area (Å²) in [5.74, 6) is 1.04. The molecule has 2 rings (SSSR count). The first-order valence-electron chi connectivity index (χ1n) is 6.74. The van der Waals surface area contributed by atoms with E-state index in [-0.39, 0.29) is 5.41 Å². The van der Waals surface area contributed by atoms with Crippen molar-refractivity contribution in [2.75, 3.05) is 12.8 Å². The molecule has 0 bridgehead atoms. The highest BCUT2D eigenvalue weighted by molar-refractivity contribution is 9.10. The SMILES string of the molecule is COCc1nc(-c2ccc(C(C)(C)C)cc2)nc(N)c1Br. The second-order valence-corrected chi connectivity index (χ2v) is 6.75. The van der Waals surface area contributed by atoms with Crippen molar-refractivity contribution < 1.29 is 4.74 Å². The van der Waals surface area contributed by atoms with Gasteiger partial charge in [-0.2, -0.15) is 0 Å². The lowest BCUT2D eigenvalue weighted by Crippen LogP contribution is -2.10. The van der Waals surface area contributed by atoms with Gasteiger partial charge in [-0.3, -0.25) is 0 Å². The van der Waals surface area contributed by atoms with Crippen LogP contribution in [0.3, 0.4) is 0 Å². The van der Waals surface area contributed by atoms with Crippen LogP contribution in [-0.4, -0.2) is 17.1 Å². The van der Waals surface area contributed by atoms with E-state index in [9.17, 15) is 0 Å². The molecule has 2 N–H and O–H groups in total. The fourth-order valence-electron chi connectivity index (χ4n) is 1.99. The van der Waals surface area contributed by atoms with Crippen molar-refractivity contribution in [1.82, 2.24) is 9.97 Å². The zero-order valence-electron chi connectivity index (χ0n) is 12.8. The highest BCUT2D eigenvalue weighted by Gasteiger charge is 2.15. The van der Waals surface area contributed by atoms with Crippen LogP contribution in [0.5, 0.6) is 0 Å². The second kappa shape index (κ2) is 6.12. The van der Waals surface area contributed by atoms with Gasteiger partial charge in [-0.25, -0.2) is 9.97 Å². The molecule has 1 aromatic heterocycles. The molecule has 1 aromatic carbocycles. The fourth-order valence-corrected chi connectivity index (χ4v) is 2.29. The Hall–Kier alpha value is -1.46. The van der Waals surface area contributed by atoms with E-state index in [1.807, 2.05) is 12.1 Å². The minimum absolute atomic E-state index is 0.124. The standard InChI is InChI=1S/C16H20BrN3O/c1-16(2,3)11-7-5-10(6-8-11)15-19-12(9-21-4)13(17)14(18)20-15/h5-8H,9H2,1-4H3,(H2,18,19,20). The number of nitrogen functional groups attached to an aromatic ring is 1. The average molecular weight is 350 g/mol. The van der Waals surface area contributed by atoms with Gasteiger partial charge in [0.2, 0.25) is 0 Å². The summed E-state index contributed by atoms with van der Waals surface area (Å²) in [7, 11) is 1.63. The number of rotatable bonds is 3. The van der Waals surface area contributed by atoms with Gasteiger partial charge in [-0.05, 0) is 26.9 Å². The number of hydrogen-bond donors (Lipinski definition) is 1. The van der Waals surface area contributed by atoms with Crippen LogP contribution < -0.4 is 5.73 Å². The number of hydrogen-bond acceptors (Lipinski definition) is 4. The molecule has 0 atom stereocenters. The van der Waals surface area contributed by atoms with E-state index in [0.717, 1.165) is 11.3 Å². The van der Waals surface area contributed by atoms with Gasteiger partial charge in [0.05, 0.1) is 16.8 Å². The maximum atomic E-state index is 5.93. The van der Waals surface area contributed by atoms with Crippen LogP contribution in [0.4, 0.5) is 5.82 Å². The van der Waals surface area contributed by atoms with E-state index in [1.165, 1.54) is 5.56 Å². The van der Waals surface area contributed by atoms with E-state index >= 15 is 0 Å². The highest BCUT2D eigenvalue weighted by Crippen LogP contribution is 2.28. The van der Waals surface area contributed by atoms with Crippen molar-refractivity contribution in [2.45, 2.75) is 32.8 Å². The minimum atomic E-state index is 0.124. The van der Waals surface area contributed by atoms with E-state index in [2.05, 4.69) is 58.8 Å². The summed E-state index contributed by atoms with van der Waals surface area (Å²) in [6, 6.07) is 8.26. The molecule has 0 saturated carbocycles. The first kappa shape index (κ1) is 15.9. The summed E-state index contributed by atoms with van der Waals surface area (Å²) >= 11 is 3.40. The molecule has 112 valence electrons. The summed E-state index contributed by atoms with van der Waals surface area (Å²) in [6.45, 7) is 6.95. The van der Waals surface area contributed by atoms with E-state index in [4.69, 9.17) is 10.5 Å². The first-order chi connectivity index (χ1) is 9.82. The Labute approximate surface area is 133 Å². The van der Waals surface area contributed by atoms with E-state index in [0.29, 0.717) is 22.7 Å². The predicted octanol–water partition coefficient (Wildman–Crippen LogP) is 3.93. The lowest BCUT2D eigenvalue weighted by Gasteiger charge is -2.19. The molecule has 0 aliphatic heterocycles. The Morgan fingerprint density at radius 3 is 2.29 bits per heavy atom. The van der Waals surface area contributed by atoms with Crippen LogP contribution in [0, 0.1) is 0 Å². The van der Waals surface area contributed by atoms with Crippen LogP contribution in [0.1, 0.15) is 32.0 Å². The second-order valence-electron chi connectivity index (χ2n) is 5.95. The van der Waals surface area contributed by atoms with Gasteiger partial charge in [0.1, 0.15) is 5.82 Å². The van der Waals surface area contributed by atoms with Crippen LogP contribution in [-0.2, 0) is 16.8 Å². The van der Waals surface area contributed by atoms with Gasteiger partial charge >= 0.3 is 0 Å². The predicted molar refractivity (Wildman–Crippen MR) is 89.0 cm³/mol. The molecule has 0 unspecified atom stereocenters. The molecule has 0 aliphatic carbocycles. The van der Waals surface area contributed by atoms with Crippen molar-refractivity contribution >= 4 is 21.7 Å². The lowest BCUT2D eigenvalue weighted by atomic mass is 9.87. The molecule has 0 saturated heterocycles. The number of halogens is 1. The van der Waals surface area contributed by atoms with Gasteiger partial charge in [0.15, 0.2) is 5.82 Å². The van der Waals surface area contributed by atoms with Crippen LogP contribution >= 0.6 is 15.9 Å². The Kier molecular flexibility index (Phi) is 4.64. The lowest BCUT2D eigenvalue weighted by molar-refractivity contribution is 0.181. The maximum absolute atomic E-state index is 5.93. The highest BCUT2D eigenvalue weighted by atomic mass is 79.9. The van der Waals surface area contributed by atoms with Gasteiger partial charge in [0.25, 0.3) is 0 Å². The van der Waals surface area contributed by atoms with E-state index in [1.54, 1.807) is 7.11 Å². The molecule has 0 radical (unpaired) electrons. The van der Waals surface area contributed by atoms with Crippen molar-refractivity contribution in [3.63, 3.8) is 0 Å². The van der Waals surface area contributed by atoms with Crippen LogP contribution in [0.15, 0.2) is 28.7 Å². The zero-order valence-corrected chi connectivity index (χ0v) is 14.4. The maximum Gasteiger partial charge on any atom is 0.161 e. The van der Waals surface area contributed by atoms with Crippen LogP contribution in [0.2, 0.25) is 0 Å². The Morgan fingerprint density at radius 1 is 1.14 bits per heavy atom. The minimum Gasteiger partial charge on any atom is -0.383 e. The summed E-state index contributed by atoms with van der Waals surface area (Å²) < 4.78 is 5.84. The number of nitrogens with two attached hydrogens (primary N) is 1. The summed E-state index contributed by atoms with van der Waals surface area (Å²) in [4.78, 5) is 8.86. The average Bonchev–Trinajstić information content (AvgIpc) is 2.43. The number of methoxy groups -OCH3 is 1. The molecule has 2 aromatic rings. The number of benzene rings is 1. The van der Waals surface area contributed by atoms with Crippen LogP contribution in [0.25, 0.3) is 11.4 Å². The van der Waals surface area contributed by atoms with Crippen molar-refractivity contribution in [1.29, 1.82) is 0 Å². The Bertz CT molecular complexity index is 633. The fraction of sp³-hybridized carbons (Fsp3) is 0.375. The Balaban J connectivity index is 2.42. The third kappa shape index (κ3) is 3.60. The molecule has 0 amide bonds. The molecule has 4 nitrogen and oxygen atoms in total.